The van der Waals surface area contributed by atoms with E-state index in [0.29, 0.717) is 11.3 Å². The molecule has 0 spiro atoms. The lowest BCUT2D eigenvalue weighted by molar-refractivity contribution is 0.582. The molecular weight excluding hydrogens is 270 g/mol. The highest BCUT2D eigenvalue weighted by atomic mass is 32.1. The molecule has 4 nitrogen and oxygen atoms in total. The maximum atomic E-state index is 9.23. The summed E-state index contributed by atoms with van der Waals surface area (Å²) < 4.78 is 5.30. The minimum absolute atomic E-state index is 0.488. The number of furan rings is 1. The van der Waals surface area contributed by atoms with Gasteiger partial charge in [-0.2, -0.15) is 5.26 Å². The average Bonchev–Trinajstić information content (AvgIpc) is 3.16. The van der Waals surface area contributed by atoms with Gasteiger partial charge in [0.2, 0.25) is 0 Å². The first-order valence-corrected chi connectivity index (χ1v) is 6.77. The molecule has 3 aromatic heterocycles. The number of aromatic nitrogens is 2. The standard InChI is InChI=1S/C15H9N3OS/c16-9-11(13-4-1-2-6-17-13)8-12-10-20-15(18-12)14-5-3-7-19-14/h1-8,10H/b11-8+. The van der Waals surface area contributed by atoms with E-state index in [1.165, 1.54) is 11.3 Å². The van der Waals surface area contributed by atoms with Gasteiger partial charge in [0, 0.05) is 11.6 Å². The molecule has 0 aliphatic carbocycles. The zero-order valence-electron chi connectivity index (χ0n) is 10.4. The van der Waals surface area contributed by atoms with Crippen molar-refractivity contribution in [3.05, 3.63) is 59.6 Å². The zero-order chi connectivity index (χ0) is 13.8. The number of rotatable bonds is 3. The molecule has 5 heteroatoms. The summed E-state index contributed by atoms with van der Waals surface area (Å²) in [7, 11) is 0. The van der Waals surface area contributed by atoms with E-state index in [1.807, 2.05) is 29.6 Å². The Morgan fingerprint density at radius 1 is 1.30 bits per heavy atom. The molecular formula is C15H9N3OS. The minimum atomic E-state index is 0.488. The lowest BCUT2D eigenvalue weighted by atomic mass is 10.1. The monoisotopic (exact) mass is 279 g/mol. The van der Waals surface area contributed by atoms with Crippen LogP contribution in [-0.2, 0) is 0 Å². The molecule has 96 valence electrons. The van der Waals surface area contributed by atoms with Crippen LogP contribution in [-0.4, -0.2) is 9.97 Å². The Hall–Kier alpha value is -2.71. The number of nitriles is 1. The van der Waals surface area contributed by atoms with Crippen molar-refractivity contribution in [3.63, 3.8) is 0 Å². The normalized spacial score (nSPS) is 11.2. The van der Waals surface area contributed by atoms with E-state index >= 15 is 0 Å². The molecule has 0 saturated heterocycles. The van der Waals surface area contributed by atoms with Crippen LogP contribution < -0.4 is 0 Å². The van der Waals surface area contributed by atoms with Gasteiger partial charge in [-0.15, -0.1) is 11.3 Å². The predicted molar refractivity (Wildman–Crippen MR) is 77.5 cm³/mol. The van der Waals surface area contributed by atoms with Crippen LogP contribution in [0.3, 0.4) is 0 Å². The van der Waals surface area contributed by atoms with Gasteiger partial charge in [-0.3, -0.25) is 4.98 Å². The fourth-order valence-corrected chi connectivity index (χ4v) is 2.44. The van der Waals surface area contributed by atoms with E-state index in [0.717, 1.165) is 16.5 Å². The molecule has 0 N–H and O–H groups in total. The maximum absolute atomic E-state index is 9.23. The van der Waals surface area contributed by atoms with Crippen LogP contribution in [0.25, 0.3) is 22.4 Å². The van der Waals surface area contributed by atoms with E-state index in [9.17, 15) is 5.26 Å². The van der Waals surface area contributed by atoms with Gasteiger partial charge in [0.25, 0.3) is 0 Å². The fraction of sp³-hybridized carbons (Fsp3) is 0. The number of pyridine rings is 1. The van der Waals surface area contributed by atoms with Crippen molar-refractivity contribution in [3.8, 4) is 16.8 Å². The molecule has 0 radical (unpaired) electrons. The molecule has 3 rings (SSSR count). The quantitative estimate of drug-likeness (QED) is 0.683. The number of hydrogen-bond acceptors (Lipinski definition) is 5. The molecule has 0 atom stereocenters. The predicted octanol–water partition coefficient (Wildman–Crippen LogP) is 3.86. The van der Waals surface area contributed by atoms with Crippen molar-refractivity contribution in [1.82, 2.24) is 9.97 Å². The molecule has 3 aromatic rings. The Bertz CT molecular complexity index is 767. The molecule has 0 aliphatic rings. The Labute approximate surface area is 119 Å². The van der Waals surface area contributed by atoms with Gasteiger partial charge in [0.15, 0.2) is 10.8 Å². The highest BCUT2D eigenvalue weighted by Gasteiger charge is 2.07. The second-order valence-corrected chi connectivity index (χ2v) is 4.80. The summed E-state index contributed by atoms with van der Waals surface area (Å²) in [6.45, 7) is 0. The molecule has 0 fully saturated rings. The second kappa shape index (κ2) is 5.51. The highest BCUT2D eigenvalue weighted by molar-refractivity contribution is 7.13. The highest BCUT2D eigenvalue weighted by Crippen LogP contribution is 2.25. The third-order valence-electron chi connectivity index (χ3n) is 2.61. The first kappa shape index (κ1) is 12.3. The lowest BCUT2D eigenvalue weighted by Gasteiger charge is -1.95. The molecule has 20 heavy (non-hydrogen) atoms. The Balaban J connectivity index is 1.94. The largest absolute Gasteiger partial charge is 0.462 e. The Morgan fingerprint density at radius 3 is 2.95 bits per heavy atom. The van der Waals surface area contributed by atoms with Crippen LogP contribution in [0.2, 0.25) is 0 Å². The van der Waals surface area contributed by atoms with Gasteiger partial charge in [0.1, 0.15) is 6.07 Å². The van der Waals surface area contributed by atoms with Crippen LogP contribution in [0, 0.1) is 11.3 Å². The van der Waals surface area contributed by atoms with Gasteiger partial charge in [0.05, 0.1) is 23.2 Å². The number of thiazole rings is 1. The van der Waals surface area contributed by atoms with Crippen molar-refractivity contribution in [2.75, 3.05) is 0 Å². The van der Waals surface area contributed by atoms with Crippen molar-refractivity contribution < 1.29 is 4.42 Å². The smallest absolute Gasteiger partial charge is 0.162 e. The number of allylic oxidation sites excluding steroid dienone is 1. The van der Waals surface area contributed by atoms with Crippen LogP contribution in [0.4, 0.5) is 0 Å². The molecule has 0 amide bonds. The van der Waals surface area contributed by atoms with E-state index < -0.39 is 0 Å². The summed E-state index contributed by atoms with van der Waals surface area (Å²) in [5.74, 6) is 0.728. The summed E-state index contributed by atoms with van der Waals surface area (Å²) in [5, 5.41) is 11.9. The van der Waals surface area contributed by atoms with Crippen molar-refractivity contribution in [1.29, 1.82) is 5.26 Å². The number of nitrogens with zero attached hydrogens (tertiary/aromatic N) is 3. The SMILES string of the molecule is N#C/C(=C\c1csc(-c2ccco2)n1)c1ccccn1. The van der Waals surface area contributed by atoms with Crippen LogP contribution in [0.5, 0.6) is 0 Å². The zero-order valence-corrected chi connectivity index (χ0v) is 11.2. The third kappa shape index (κ3) is 2.51. The minimum Gasteiger partial charge on any atom is -0.462 e. The van der Waals surface area contributed by atoms with Gasteiger partial charge in [-0.1, -0.05) is 6.07 Å². The first-order chi connectivity index (χ1) is 9.86. The Morgan fingerprint density at radius 2 is 2.25 bits per heavy atom. The summed E-state index contributed by atoms with van der Waals surface area (Å²) in [5.41, 5.74) is 1.85. The van der Waals surface area contributed by atoms with E-state index in [4.69, 9.17) is 4.42 Å². The molecule has 0 aromatic carbocycles. The van der Waals surface area contributed by atoms with Crippen molar-refractivity contribution in [2.24, 2.45) is 0 Å². The third-order valence-corrected chi connectivity index (χ3v) is 3.48. The van der Waals surface area contributed by atoms with Gasteiger partial charge in [-0.25, -0.2) is 4.98 Å². The topological polar surface area (TPSA) is 62.7 Å². The van der Waals surface area contributed by atoms with E-state index in [-0.39, 0.29) is 0 Å². The summed E-state index contributed by atoms with van der Waals surface area (Å²) in [6, 6.07) is 11.3. The van der Waals surface area contributed by atoms with Gasteiger partial charge in [-0.05, 0) is 30.3 Å². The lowest BCUT2D eigenvalue weighted by Crippen LogP contribution is -1.86. The molecule has 0 bridgehead atoms. The summed E-state index contributed by atoms with van der Waals surface area (Å²) in [6.07, 6.45) is 5.00. The molecule has 0 aliphatic heterocycles. The first-order valence-electron chi connectivity index (χ1n) is 5.89. The number of hydrogen-bond donors (Lipinski definition) is 0. The van der Waals surface area contributed by atoms with Crippen molar-refractivity contribution >= 4 is 23.0 Å². The van der Waals surface area contributed by atoms with Crippen LogP contribution >= 0.6 is 11.3 Å². The van der Waals surface area contributed by atoms with E-state index in [2.05, 4.69) is 16.0 Å². The maximum Gasteiger partial charge on any atom is 0.162 e. The van der Waals surface area contributed by atoms with Crippen LogP contribution in [0.1, 0.15) is 11.4 Å². The fourth-order valence-electron chi connectivity index (χ4n) is 1.70. The molecule has 3 heterocycles. The van der Waals surface area contributed by atoms with Gasteiger partial charge < -0.3 is 4.42 Å². The summed E-state index contributed by atoms with van der Waals surface area (Å²) in [4.78, 5) is 8.60. The molecule has 0 saturated carbocycles. The molecule has 0 unspecified atom stereocenters. The van der Waals surface area contributed by atoms with Crippen molar-refractivity contribution in [2.45, 2.75) is 0 Å². The second-order valence-electron chi connectivity index (χ2n) is 3.94. The van der Waals surface area contributed by atoms with Crippen LogP contribution in [0.15, 0.2) is 52.6 Å². The van der Waals surface area contributed by atoms with E-state index in [1.54, 1.807) is 24.6 Å². The Kier molecular flexibility index (Phi) is 3.40. The summed E-state index contributed by atoms with van der Waals surface area (Å²) >= 11 is 1.48. The van der Waals surface area contributed by atoms with Gasteiger partial charge >= 0.3 is 0 Å². The average molecular weight is 279 g/mol.